The zero-order chi connectivity index (χ0) is 15.6. The normalized spacial score (nSPS) is 23.7. The van der Waals surface area contributed by atoms with Crippen LogP contribution in [0.2, 0.25) is 0 Å². The van der Waals surface area contributed by atoms with Crippen molar-refractivity contribution >= 4 is 11.8 Å². The zero-order valence-corrected chi connectivity index (χ0v) is 12.7. The van der Waals surface area contributed by atoms with E-state index in [2.05, 4.69) is 10.6 Å². The van der Waals surface area contributed by atoms with Gasteiger partial charge in [-0.25, -0.2) is 0 Å². The van der Waals surface area contributed by atoms with Crippen molar-refractivity contribution in [3.05, 3.63) is 35.9 Å². The maximum atomic E-state index is 12.4. The van der Waals surface area contributed by atoms with E-state index in [1.807, 2.05) is 30.3 Å². The highest BCUT2D eigenvalue weighted by molar-refractivity contribution is 5.89. The molecule has 5 nitrogen and oxygen atoms in total. The summed E-state index contributed by atoms with van der Waals surface area (Å²) < 4.78 is 0. The largest absolute Gasteiger partial charge is 0.368 e. The average molecular weight is 301 g/mol. The van der Waals surface area contributed by atoms with Gasteiger partial charge in [-0.1, -0.05) is 30.3 Å². The molecule has 2 unspecified atom stereocenters. The highest BCUT2D eigenvalue weighted by atomic mass is 16.2. The number of nitrogens with one attached hydrogen (secondary N) is 2. The van der Waals surface area contributed by atoms with Crippen molar-refractivity contribution in [2.24, 2.45) is 17.1 Å². The zero-order valence-electron chi connectivity index (χ0n) is 12.7. The standard InChI is InChI=1S/C17H23N3O2/c18-15(21)14(10-12-4-2-1-3-5-12)20-16(22)13-11-17(13)6-8-19-9-7-17/h1-5,13-14,19H,6-11H2,(H2,18,21)(H,20,22). The van der Waals surface area contributed by atoms with Gasteiger partial charge in [-0.15, -0.1) is 0 Å². The molecule has 1 aliphatic carbocycles. The first kappa shape index (κ1) is 15.0. The molecule has 2 aliphatic rings. The second-order valence-electron chi connectivity index (χ2n) is 6.52. The maximum Gasteiger partial charge on any atom is 0.240 e. The van der Waals surface area contributed by atoms with Crippen LogP contribution in [-0.4, -0.2) is 30.9 Å². The number of benzene rings is 1. The summed E-state index contributed by atoms with van der Waals surface area (Å²) in [5, 5.41) is 6.19. The lowest BCUT2D eigenvalue weighted by molar-refractivity contribution is -0.128. The van der Waals surface area contributed by atoms with Gasteiger partial charge in [-0.2, -0.15) is 0 Å². The lowest BCUT2D eigenvalue weighted by atomic mass is 9.91. The molecule has 1 saturated carbocycles. The molecular weight excluding hydrogens is 278 g/mol. The quantitative estimate of drug-likeness (QED) is 0.744. The summed E-state index contributed by atoms with van der Waals surface area (Å²) in [6.45, 7) is 1.96. The molecule has 2 atom stereocenters. The molecule has 2 amide bonds. The number of rotatable bonds is 5. The second kappa shape index (κ2) is 6.08. The van der Waals surface area contributed by atoms with Gasteiger partial charge in [0, 0.05) is 12.3 Å². The molecule has 118 valence electrons. The fraction of sp³-hybridized carbons (Fsp3) is 0.529. The van der Waals surface area contributed by atoms with Gasteiger partial charge < -0.3 is 16.4 Å². The molecule has 0 bridgehead atoms. The number of amides is 2. The summed E-state index contributed by atoms with van der Waals surface area (Å²) >= 11 is 0. The number of hydrogen-bond acceptors (Lipinski definition) is 3. The van der Waals surface area contributed by atoms with Gasteiger partial charge in [0.1, 0.15) is 6.04 Å². The number of nitrogens with two attached hydrogens (primary N) is 1. The van der Waals surface area contributed by atoms with Crippen molar-refractivity contribution < 1.29 is 9.59 Å². The summed E-state index contributed by atoms with van der Waals surface area (Å²) in [7, 11) is 0. The molecule has 1 spiro atoms. The first-order chi connectivity index (χ1) is 10.6. The van der Waals surface area contributed by atoms with Gasteiger partial charge in [-0.05, 0) is 43.3 Å². The van der Waals surface area contributed by atoms with E-state index in [0.29, 0.717) is 6.42 Å². The highest BCUT2D eigenvalue weighted by Gasteiger charge is 2.57. The van der Waals surface area contributed by atoms with Gasteiger partial charge in [0.15, 0.2) is 0 Å². The van der Waals surface area contributed by atoms with Gasteiger partial charge in [0.2, 0.25) is 11.8 Å². The van der Waals surface area contributed by atoms with E-state index in [1.165, 1.54) is 0 Å². The van der Waals surface area contributed by atoms with Crippen molar-refractivity contribution in [1.82, 2.24) is 10.6 Å². The summed E-state index contributed by atoms with van der Waals surface area (Å²) in [4.78, 5) is 24.1. The van der Waals surface area contributed by atoms with Gasteiger partial charge in [-0.3, -0.25) is 9.59 Å². The minimum absolute atomic E-state index is 0.0124. The number of carbonyl (C=O) groups is 2. The maximum absolute atomic E-state index is 12.4. The second-order valence-corrected chi connectivity index (χ2v) is 6.52. The van der Waals surface area contributed by atoms with Crippen LogP contribution in [0.4, 0.5) is 0 Å². The Hall–Kier alpha value is -1.88. The molecule has 1 aromatic rings. The first-order valence-electron chi connectivity index (χ1n) is 7.95. The minimum Gasteiger partial charge on any atom is -0.368 e. The van der Waals surface area contributed by atoms with E-state index >= 15 is 0 Å². The molecule has 2 fully saturated rings. The Morgan fingerprint density at radius 2 is 1.95 bits per heavy atom. The van der Waals surface area contributed by atoms with Crippen molar-refractivity contribution in [2.45, 2.75) is 31.7 Å². The topological polar surface area (TPSA) is 84.2 Å². The SMILES string of the molecule is NC(=O)C(Cc1ccccc1)NC(=O)C1CC12CCNCC2. The molecule has 1 aliphatic heterocycles. The van der Waals surface area contributed by atoms with Crippen molar-refractivity contribution in [3.8, 4) is 0 Å². The first-order valence-corrected chi connectivity index (χ1v) is 7.95. The Balaban J connectivity index is 1.60. The third kappa shape index (κ3) is 3.14. The Kier molecular flexibility index (Phi) is 4.16. The fourth-order valence-electron chi connectivity index (χ4n) is 3.54. The van der Waals surface area contributed by atoms with Crippen molar-refractivity contribution in [2.75, 3.05) is 13.1 Å². The Labute approximate surface area is 130 Å². The predicted octanol–water partition coefficient (Wildman–Crippen LogP) is 0.589. The van der Waals surface area contributed by atoms with E-state index in [0.717, 1.165) is 37.9 Å². The highest BCUT2D eigenvalue weighted by Crippen LogP contribution is 2.58. The molecule has 0 aromatic heterocycles. The number of piperidine rings is 1. The van der Waals surface area contributed by atoms with Crippen LogP contribution in [0.3, 0.4) is 0 Å². The molecule has 1 heterocycles. The smallest absolute Gasteiger partial charge is 0.240 e. The predicted molar refractivity (Wildman–Crippen MR) is 83.9 cm³/mol. The average Bonchev–Trinajstić information content (AvgIpc) is 3.21. The number of carbonyl (C=O) groups excluding carboxylic acids is 2. The summed E-state index contributed by atoms with van der Waals surface area (Å²) in [5.41, 5.74) is 6.63. The van der Waals surface area contributed by atoms with Crippen LogP contribution in [0.5, 0.6) is 0 Å². The molecule has 22 heavy (non-hydrogen) atoms. The number of primary amides is 1. The monoisotopic (exact) mass is 301 g/mol. The Morgan fingerprint density at radius 1 is 1.27 bits per heavy atom. The summed E-state index contributed by atoms with van der Waals surface area (Å²) in [5.74, 6) is -0.439. The fourth-order valence-corrected chi connectivity index (χ4v) is 3.54. The van der Waals surface area contributed by atoms with Crippen LogP contribution in [0.25, 0.3) is 0 Å². The molecule has 5 heteroatoms. The third-order valence-corrected chi connectivity index (χ3v) is 5.05. The van der Waals surface area contributed by atoms with Crippen LogP contribution in [0, 0.1) is 11.3 Å². The third-order valence-electron chi connectivity index (χ3n) is 5.05. The van der Waals surface area contributed by atoms with E-state index in [-0.39, 0.29) is 17.2 Å². The molecule has 0 radical (unpaired) electrons. The summed E-state index contributed by atoms with van der Waals surface area (Å²) in [6.07, 6.45) is 3.48. The lowest BCUT2D eigenvalue weighted by Crippen LogP contribution is -2.47. The van der Waals surface area contributed by atoms with Gasteiger partial charge in [0.25, 0.3) is 0 Å². The van der Waals surface area contributed by atoms with Gasteiger partial charge in [0.05, 0.1) is 0 Å². The molecular formula is C17H23N3O2. The Morgan fingerprint density at radius 3 is 2.59 bits per heavy atom. The van der Waals surface area contributed by atoms with Crippen molar-refractivity contribution in [1.29, 1.82) is 0 Å². The van der Waals surface area contributed by atoms with E-state index < -0.39 is 11.9 Å². The van der Waals surface area contributed by atoms with Crippen LogP contribution >= 0.6 is 0 Å². The van der Waals surface area contributed by atoms with Crippen molar-refractivity contribution in [3.63, 3.8) is 0 Å². The van der Waals surface area contributed by atoms with Crippen LogP contribution in [-0.2, 0) is 16.0 Å². The summed E-state index contributed by atoms with van der Waals surface area (Å²) in [6, 6.07) is 9.00. The van der Waals surface area contributed by atoms with Gasteiger partial charge >= 0.3 is 0 Å². The number of hydrogen-bond donors (Lipinski definition) is 3. The van der Waals surface area contributed by atoms with E-state index in [9.17, 15) is 9.59 Å². The van der Waals surface area contributed by atoms with Crippen LogP contribution in [0.15, 0.2) is 30.3 Å². The van der Waals surface area contributed by atoms with Crippen LogP contribution < -0.4 is 16.4 Å². The molecule has 1 aromatic carbocycles. The Bertz CT molecular complexity index is 552. The molecule has 3 rings (SSSR count). The van der Waals surface area contributed by atoms with Crippen LogP contribution in [0.1, 0.15) is 24.8 Å². The molecule has 1 saturated heterocycles. The molecule has 4 N–H and O–H groups in total. The lowest BCUT2D eigenvalue weighted by Gasteiger charge is -2.24. The minimum atomic E-state index is -0.630. The van der Waals surface area contributed by atoms with E-state index in [1.54, 1.807) is 0 Å². The van der Waals surface area contributed by atoms with E-state index in [4.69, 9.17) is 5.73 Å².